The van der Waals surface area contributed by atoms with Gasteiger partial charge in [-0.1, -0.05) is 59.8 Å². The van der Waals surface area contributed by atoms with E-state index in [2.05, 4.69) is 33.0 Å². The fourth-order valence-electron chi connectivity index (χ4n) is 4.85. The molecule has 1 heteroatoms. The highest BCUT2D eigenvalue weighted by Crippen LogP contribution is 2.45. The van der Waals surface area contributed by atoms with Crippen LogP contribution in [0.2, 0.25) is 0 Å². The molecule has 0 bridgehead atoms. The summed E-state index contributed by atoms with van der Waals surface area (Å²) in [5.41, 5.74) is 0.508. The van der Waals surface area contributed by atoms with Gasteiger partial charge in [0.05, 0.1) is 0 Å². The van der Waals surface area contributed by atoms with Crippen LogP contribution in [0.15, 0.2) is 0 Å². The highest BCUT2D eigenvalue weighted by molar-refractivity contribution is 4.87. The minimum Gasteiger partial charge on any atom is -0.317 e. The van der Waals surface area contributed by atoms with Crippen LogP contribution in [-0.2, 0) is 0 Å². The highest BCUT2D eigenvalue weighted by atomic mass is 14.8. The van der Waals surface area contributed by atoms with Crippen LogP contribution in [0.25, 0.3) is 0 Å². The molecule has 21 heavy (non-hydrogen) atoms. The number of nitrogens with one attached hydrogen (secondary N) is 1. The van der Waals surface area contributed by atoms with E-state index in [1.807, 2.05) is 0 Å². The van der Waals surface area contributed by atoms with Crippen molar-refractivity contribution in [3.05, 3.63) is 0 Å². The van der Waals surface area contributed by atoms with Gasteiger partial charge in [0.15, 0.2) is 0 Å². The summed E-state index contributed by atoms with van der Waals surface area (Å²) >= 11 is 0. The summed E-state index contributed by atoms with van der Waals surface area (Å²) in [6, 6.07) is 0. The molecule has 0 saturated heterocycles. The molecular weight excluding hydrogens is 254 g/mol. The largest absolute Gasteiger partial charge is 0.317 e. The molecule has 0 radical (unpaired) electrons. The summed E-state index contributed by atoms with van der Waals surface area (Å²) in [7, 11) is 0. The molecule has 1 N–H and O–H groups in total. The van der Waals surface area contributed by atoms with Gasteiger partial charge in [-0.05, 0) is 67.9 Å². The lowest BCUT2D eigenvalue weighted by atomic mass is 9.63. The van der Waals surface area contributed by atoms with Crippen molar-refractivity contribution >= 4 is 0 Å². The minimum absolute atomic E-state index is 0.508. The van der Waals surface area contributed by atoms with Crippen molar-refractivity contribution in [3.8, 4) is 0 Å². The fraction of sp³-hybridized carbons (Fsp3) is 1.00. The van der Waals surface area contributed by atoms with Crippen LogP contribution >= 0.6 is 0 Å². The predicted molar refractivity (Wildman–Crippen MR) is 93.5 cm³/mol. The smallest absolute Gasteiger partial charge is 0.00180 e. The first-order chi connectivity index (χ1) is 10.0. The maximum atomic E-state index is 3.64. The fourth-order valence-corrected chi connectivity index (χ4v) is 4.85. The predicted octanol–water partition coefficient (Wildman–Crippen LogP) is 5.64. The quantitative estimate of drug-likeness (QED) is 0.691. The number of hydrogen-bond acceptors (Lipinski definition) is 1. The molecule has 0 heterocycles. The second kappa shape index (κ2) is 7.99. The van der Waals surface area contributed by atoms with Crippen molar-refractivity contribution in [3.63, 3.8) is 0 Å². The second-order valence-electron chi connectivity index (χ2n) is 8.94. The van der Waals surface area contributed by atoms with E-state index in [4.69, 9.17) is 0 Å². The molecule has 2 fully saturated rings. The van der Waals surface area contributed by atoms with E-state index in [1.165, 1.54) is 64.3 Å². The van der Waals surface area contributed by atoms with Gasteiger partial charge >= 0.3 is 0 Å². The monoisotopic (exact) mass is 293 g/mol. The van der Waals surface area contributed by atoms with Gasteiger partial charge in [0.25, 0.3) is 0 Å². The zero-order chi connectivity index (χ0) is 15.3. The third kappa shape index (κ3) is 5.27. The molecule has 3 unspecified atom stereocenters. The van der Waals surface area contributed by atoms with Gasteiger partial charge in [-0.25, -0.2) is 0 Å². The van der Waals surface area contributed by atoms with Gasteiger partial charge in [-0.2, -0.15) is 0 Å². The van der Waals surface area contributed by atoms with Gasteiger partial charge in [0.1, 0.15) is 0 Å². The van der Waals surface area contributed by atoms with Crippen LogP contribution in [0.3, 0.4) is 0 Å². The average molecular weight is 294 g/mol. The maximum Gasteiger partial charge on any atom is -0.00180 e. The maximum absolute atomic E-state index is 3.64. The van der Waals surface area contributed by atoms with Gasteiger partial charge in [0, 0.05) is 0 Å². The molecule has 2 aliphatic carbocycles. The van der Waals surface area contributed by atoms with E-state index in [-0.39, 0.29) is 0 Å². The molecule has 3 atom stereocenters. The molecule has 2 aliphatic rings. The third-order valence-electron chi connectivity index (χ3n) is 6.38. The third-order valence-corrected chi connectivity index (χ3v) is 6.38. The summed E-state index contributed by atoms with van der Waals surface area (Å²) in [5, 5.41) is 3.64. The first kappa shape index (κ1) is 17.3. The van der Waals surface area contributed by atoms with E-state index in [0.29, 0.717) is 5.41 Å². The zero-order valence-corrected chi connectivity index (χ0v) is 15.1. The average Bonchev–Trinajstić information content (AvgIpc) is 2.46. The minimum atomic E-state index is 0.508. The topological polar surface area (TPSA) is 12.0 Å². The Morgan fingerprint density at radius 3 is 2.24 bits per heavy atom. The van der Waals surface area contributed by atoms with Crippen molar-refractivity contribution in [2.75, 3.05) is 13.1 Å². The molecule has 0 amide bonds. The Labute approximate surface area is 133 Å². The highest BCUT2D eigenvalue weighted by Gasteiger charge is 2.36. The van der Waals surface area contributed by atoms with Crippen LogP contribution < -0.4 is 5.32 Å². The lowest BCUT2D eigenvalue weighted by Gasteiger charge is -2.43. The molecule has 0 aromatic carbocycles. The first-order valence-electron chi connectivity index (χ1n) is 9.71. The Hall–Kier alpha value is -0.0400. The summed E-state index contributed by atoms with van der Waals surface area (Å²) in [5.74, 6) is 3.94. The molecule has 1 nitrogen and oxygen atoms in total. The van der Waals surface area contributed by atoms with Crippen molar-refractivity contribution in [2.45, 2.75) is 85.5 Å². The van der Waals surface area contributed by atoms with Crippen molar-refractivity contribution in [1.82, 2.24) is 5.32 Å². The Morgan fingerprint density at radius 2 is 1.62 bits per heavy atom. The van der Waals surface area contributed by atoms with Crippen molar-refractivity contribution < 1.29 is 0 Å². The van der Waals surface area contributed by atoms with Crippen LogP contribution in [0.4, 0.5) is 0 Å². The standard InChI is InChI=1S/C20H39N/c1-5-21-15-17-11-12-19(20(2,3)4)14-18(17)13-16-9-7-6-8-10-16/h16-19,21H,5-15H2,1-4H3. The van der Waals surface area contributed by atoms with Gasteiger partial charge in [-0.15, -0.1) is 0 Å². The molecule has 124 valence electrons. The molecule has 0 spiro atoms. The molecule has 0 aromatic rings. The Morgan fingerprint density at radius 1 is 0.905 bits per heavy atom. The molecule has 0 aliphatic heterocycles. The number of rotatable bonds is 5. The Bertz CT molecular complexity index is 285. The van der Waals surface area contributed by atoms with E-state index in [9.17, 15) is 0 Å². The van der Waals surface area contributed by atoms with Gasteiger partial charge in [0.2, 0.25) is 0 Å². The van der Waals surface area contributed by atoms with E-state index in [1.54, 1.807) is 0 Å². The first-order valence-corrected chi connectivity index (χ1v) is 9.71. The zero-order valence-electron chi connectivity index (χ0n) is 15.1. The van der Waals surface area contributed by atoms with E-state index in [0.717, 1.165) is 30.2 Å². The SMILES string of the molecule is CCNCC1CCC(C(C)(C)C)CC1CC1CCCCC1. The van der Waals surface area contributed by atoms with E-state index < -0.39 is 0 Å². The lowest BCUT2D eigenvalue weighted by Crippen LogP contribution is -2.37. The second-order valence-corrected chi connectivity index (χ2v) is 8.94. The van der Waals surface area contributed by atoms with Crippen LogP contribution in [0.1, 0.15) is 85.5 Å². The van der Waals surface area contributed by atoms with Crippen LogP contribution in [0.5, 0.6) is 0 Å². The molecular formula is C20H39N. The van der Waals surface area contributed by atoms with E-state index >= 15 is 0 Å². The Balaban J connectivity index is 1.94. The lowest BCUT2D eigenvalue weighted by molar-refractivity contribution is 0.0785. The van der Waals surface area contributed by atoms with Gasteiger partial charge < -0.3 is 5.32 Å². The van der Waals surface area contributed by atoms with Crippen LogP contribution in [0, 0.1) is 29.1 Å². The Kier molecular flexibility index (Phi) is 6.59. The molecule has 0 aromatic heterocycles. The summed E-state index contributed by atoms with van der Waals surface area (Å²) in [4.78, 5) is 0. The summed E-state index contributed by atoms with van der Waals surface area (Å²) < 4.78 is 0. The molecule has 2 rings (SSSR count). The van der Waals surface area contributed by atoms with Crippen molar-refractivity contribution in [1.29, 1.82) is 0 Å². The van der Waals surface area contributed by atoms with Crippen molar-refractivity contribution in [2.24, 2.45) is 29.1 Å². The number of hydrogen-bond donors (Lipinski definition) is 1. The summed E-state index contributed by atoms with van der Waals surface area (Å²) in [6.07, 6.45) is 13.5. The summed E-state index contributed by atoms with van der Waals surface area (Å²) in [6.45, 7) is 12.0. The van der Waals surface area contributed by atoms with Crippen LogP contribution in [-0.4, -0.2) is 13.1 Å². The van der Waals surface area contributed by atoms with Gasteiger partial charge in [-0.3, -0.25) is 0 Å². The normalized spacial score (nSPS) is 32.3. The molecule has 2 saturated carbocycles.